The average Bonchev–Trinajstić information content (AvgIpc) is 3.40. The van der Waals surface area contributed by atoms with Crippen molar-refractivity contribution in [2.24, 2.45) is 0 Å². The number of nitrogens with zero attached hydrogens (tertiary/aromatic N) is 2. The topological polar surface area (TPSA) is 64.1 Å². The largest absolute Gasteiger partial charge is 0.376 e. The van der Waals surface area contributed by atoms with Crippen LogP contribution >= 0.6 is 23.1 Å². The standard InChI is InChI=1S/C19H23N3O2S2/c1-12(17(23)15-8-7-13-4-2-5-14(13)10-15)25-19-22-21-18(26-19)20-11-16-6-3-9-24-16/h7-8,10,12,16H,2-6,9,11H2,1H3,(H,20,21). The Morgan fingerprint density at radius 3 is 3.08 bits per heavy atom. The summed E-state index contributed by atoms with van der Waals surface area (Å²) in [7, 11) is 0. The molecule has 2 unspecified atom stereocenters. The number of hydrogen-bond acceptors (Lipinski definition) is 7. The number of anilines is 1. The molecule has 2 aliphatic rings. The van der Waals surface area contributed by atoms with Gasteiger partial charge in [0.25, 0.3) is 0 Å². The molecule has 1 aromatic carbocycles. The number of rotatable bonds is 7. The Kier molecular flexibility index (Phi) is 5.57. The first-order valence-electron chi connectivity index (χ1n) is 9.21. The first kappa shape index (κ1) is 17.9. The summed E-state index contributed by atoms with van der Waals surface area (Å²) in [6, 6.07) is 6.17. The molecular formula is C19H23N3O2S2. The minimum absolute atomic E-state index is 0.161. The molecule has 0 amide bonds. The maximum absolute atomic E-state index is 12.8. The van der Waals surface area contributed by atoms with Crippen LogP contribution in [0.2, 0.25) is 0 Å². The Morgan fingerprint density at radius 2 is 2.23 bits per heavy atom. The summed E-state index contributed by atoms with van der Waals surface area (Å²) in [5.74, 6) is 0.161. The van der Waals surface area contributed by atoms with E-state index in [1.807, 2.05) is 13.0 Å². The molecule has 138 valence electrons. The number of benzene rings is 1. The number of thioether (sulfide) groups is 1. The number of ether oxygens (including phenoxy) is 1. The van der Waals surface area contributed by atoms with Crippen molar-refractivity contribution >= 4 is 34.0 Å². The zero-order chi connectivity index (χ0) is 17.9. The van der Waals surface area contributed by atoms with Crippen molar-refractivity contribution in [1.29, 1.82) is 0 Å². The molecule has 0 spiro atoms. The number of aromatic nitrogens is 2. The van der Waals surface area contributed by atoms with Crippen molar-refractivity contribution in [3.63, 3.8) is 0 Å². The van der Waals surface area contributed by atoms with Gasteiger partial charge in [0.2, 0.25) is 5.13 Å². The highest BCUT2D eigenvalue weighted by atomic mass is 32.2. The highest BCUT2D eigenvalue weighted by molar-refractivity contribution is 8.02. The molecule has 0 bridgehead atoms. The van der Waals surface area contributed by atoms with Gasteiger partial charge in [-0.1, -0.05) is 35.2 Å². The molecule has 0 radical (unpaired) electrons. The van der Waals surface area contributed by atoms with E-state index >= 15 is 0 Å². The van der Waals surface area contributed by atoms with E-state index in [1.165, 1.54) is 40.6 Å². The highest BCUT2D eigenvalue weighted by Gasteiger charge is 2.21. The van der Waals surface area contributed by atoms with Gasteiger partial charge in [-0.2, -0.15) is 0 Å². The van der Waals surface area contributed by atoms with E-state index in [9.17, 15) is 4.79 Å². The maximum Gasteiger partial charge on any atom is 0.206 e. The van der Waals surface area contributed by atoms with Crippen LogP contribution in [0.15, 0.2) is 22.5 Å². The van der Waals surface area contributed by atoms with E-state index in [2.05, 4.69) is 27.6 Å². The summed E-state index contributed by atoms with van der Waals surface area (Å²) in [6.07, 6.45) is 5.93. The summed E-state index contributed by atoms with van der Waals surface area (Å²) in [6.45, 7) is 3.57. The number of carbonyl (C=O) groups is 1. The zero-order valence-electron chi connectivity index (χ0n) is 14.9. The molecule has 0 saturated carbocycles. The van der Waals surface area contributed by atoms with Crippen molar-refractivity contribution in [1.82, 2.24) is 10.2 Å². The Hall–Kier alpha value is -1.44. The maximum atomic E-state index is 12.8. The van der Waals surface area contributed by atoms with Crippen molar-refractivity contribution in [3.05, 3.63) is 34.9 Å². The molecule has 1 N–H and O–H groups in total. The second-order valence-corrected chi connectivity index (χ2v) is 9.42. The minimum Gasteiger partial charge on any atom is -0.376 e. The van der Waals surface area contributed by atoms with Crippen LogP contribution in [0.3, 0.4) is 0 Å². The van der Waals surface area contributed by atoms with Gasteiger partial charge in [0.05, 0.1) is 11.4 Å². The minimum atomic E-state index is -0.173. The van der Waals surface area contributed by atoms with Crippen LogP contribution in [-0.4, -0.2) is 40.5 Å². The molecule has 1 fully saturated rings. The van der Waals surface area contributed by atoms with E-state index in [1.54, 1.807) is 0 Å². The van der Waals surface area contributed by atoms with Crippen molar-refractivity contribution < 1.29 is 9.53 Å². The molecule has 2 heterocycles. The summed E-state index contributed by atoms with van der Waals surface area (Å²) in [5, 5.41) is 12.3. The monoisotopic (exact) mass is 389 g/mol. The summed E-state index contributed by atoms with van der Waals surface area (Å²) in [5.41, 5.74) is 3.55. The third-order valence-corrected chi connectivity index (χ3v) is 7.01. The molecule has 1 aliphatic carbocycles. The number of hydrogen-bond donors (Lipinski definition) is 1. The first-order chi connectivity index (χ1) is 12.7. The van der Waals surface area contributed by atoms with E-state index < -0.39 is 0 Å². The lowest BCUT2D eigenvalue weighted by molar-refractivity contribution is 0.0994. The van der Waals surface area contributed by atoms with Crippen LogP contribution in [0.4, 0.5) is 5.13 Å². The molecule has 5 nitrogen and oxygen atoms in total. The van der Waals surface area contributed by atoms with Gasteiger partial charge in [-0.05, 0) is 56.2 Å². The van der Waals surface area contributed by atoms with Gasteiger partial charge in [0.1, 0.15) is 0 Å². The van der Waals surface area contributed by atoms with Gasteiger partial charge in [-0.25, -0.2) is 0 Å². The Labute approximate surface area is 161 Å². The lowest BCUT2D eigenvalue weighted by Crippen LogP contribution is -2.18. The summed E-state index contributed by atoms with van der Waals surface area (Å²) >= 11 is 2.98. The van der Waals surface area contributed by atoms with E-state index in [-0.39, 0.29) is 17.1 Å². The molecule has 1 saturated heterocycles. The number of fused-ring (bicyclic) bond motifs is 1. The molecule has 2 aromatic rings. The average molecular weight is 390 g/mol. The molecule has 7 heteroatoms. The van der Waals surface area contributed by atoms with Crippen LogP contribution in [-0.2, 0) is 17.6 Å². The molecule has 2 atom stereocenters. The number of ketones is 1. The smallest absolute Gasteiger partial charge is 0.206 e. The SMILES string of the molecule is CC(Sc1nnc(NCC2CCCO2)s1)C(=O)c1ccc2c(c1)CCC2. The molecule has 1 aromatic heterocycles. The van der Waals surface area contributed by atoms with E-state index in [0.717, 1.165) is 53.9 Å². The van der Waals surface area contributed by atoms with Gasteiger partial charge >= 0.3 is 0 Å². The van der Waals surface area contributed by atoms with Gasteiger partial charge in [-0.15, -0.1) is 10.2 Å². The number of aryl methyl sites for hydroxylation is 2. The molecule has 1 aliphatic heterocycles. The molecule has 26 heavy (non-hydrogen) atoms. The Morgan fingerprint density at radius 1 is 1.35 bits per heavy atom. The van der Waals surface area contributed by atoms with Gasteiger partial charge < -0.3 is 10.1 Å². The number of carbonyl (C=O) groups excluding carboxylic acids is 1. The second-order valence-electron chi connectivity index (χ2n) is 6.85. The van der Waals surface area contributed by atoms with Crippen LogP contribution in [0.1, 0.15) is 47.7 Å². The van der Waals surface area contributed by atoms with Crippen LogP contribution in [0, 0.1) is 0 Å². The fraction of sp³-hybridized carbons (Fsp3) is 0.526. The lowest BCUT2D eigenvalue weighted by atomic mass is 10.0. The third-order valence-electron chi connectivity index (χ3n) is 4.94. The first-order valence-corrected chi connectivity index (χ1v) is 10.9. The summed E-state index contributed by atoms with van der Waals surface area (Å²) < 4.78 is 6.42. The number of Topliss-reactive ketones (excluding diaryl/α,β-unsaturated/α-hetero) is 1. The fourth-order valence-corrected chi connectivity index (χ4v) is 5.48. The normalized spacial score (nSPS) is 20.1. The van der Waals surface area contributed by atoms with Gasteiger partial charge in [-0.3, -0.25) is 4.79 Å². The quantitative estimate of drug-likeness (QED) is 0.571. The second kappa shape index (κ2) is 8.06. The predicted octanol–water partition coefficient (Wildman–Crippen LogP) is 3.98. The third kappa shape index (κ3) is 4.10. The zero-order valence-corrected chi connectivity index (χ0v) is 16.5. The van der Waals surface area contributed by atoms with Crippen molar-refractivity contribution in [2.75, 3.05) is 18.5 Å². The fourth-order valence-electron chi connectivity index (χ4n) is 3.50. The van der Waals surface area contributed by atoms with Gasteiger partial charge in [0, 0.05) is 18.7 Å². The summed E-state index contributed by atoms with van der Waals surface area (Å²) in [4.78, 5) is 12.8. The van der Waals surface area contributed by atoms with Crippen molar-refractivity contribution in [2.45, 2.75) is 54.7 Å². The van der Waals surface area contributed by atoms with Gasteiger partial charge in [0.15, 0.2) is 10.1 Å². The van der Waals surface area contributed by atoms with Crippen LogP contribution in [0.25, 0.3) is 0 Å². The van der Waals surface area contributed by atoms with Crippen molar-refractivity contribution in [3.8, 4) is 0 Å². The van der Waals surface area contributed by atoms with E-state index in [0.29, 0.717) is 0 Å². The Balaban J connectivity index is 1.34. The molecule has 4 rings (SSSR count). The predicted molar refractivity (Wildman–Crippen MR) is 105 cm³/mol. The highest BCUT2D eigenvalue weighted by Crippen LogP contribution is 2.31. The molecular weight excluding hydrogens is 366 g/mol. The van der Waals surface area contributed by atoms with E-state index in [4.69, 9.17) is 4.74 Å². The lowest BCUT2D eigenvalue weighted by Gasteiger charge is -2.10. The number of nitrogens with one attached hydrogen (secondary N) is 1. The van der Waals surface area contributed by atoms with Crippen LogP contribution < -0.4 is 5.32 Å². The Bertz CT molecular complexity index is 787. The van der Waals surface area contributed by atoms with Crippen LogP contribution in [0.5, 0.6) is 0 Å².